The number of esters is 1. The smallest absolute Gasteiger partial charge is 0.341 e. The predicted molar refractivity (Wildman–Crippen MR) is 117 cm³/mol. The van der Waals surface area contributed by atoms with Gasteiger partial charge < -0.3 is 15.0 Å². The van der Waals surface area contributed by atoms with Gasteiger partial charge in [-0.15, -0.1) is 11.3 Å². The van der Waals surface area contributed by atoms with Gasteiger partial charge in [-0.05, 0) is 74.8 Å². The van der Waals surface area contributed by atoms with Crippen molar-refractivity contribution in [3.8, 4) is 0 Å². The SMILES string of the molecule is COC(=O)c1c(NC(=O)CN2c3ccc(F)cc3CCC2C)sc2c1CCCCC2. The molecule has 1 atom stereocenters. The molecule has 7 heteroatoms. The van der Waals surface area contributed by atoms with Crippen molar-refractivity contribution in [1.29, 1.82) is 0 Å². The summed E-state index contributed by atoms with van der Waals surface area (Å²) < 4.78 is 18.6. The Balaban J connectivity index is 1.57. The third kappa shape index (κ3) is 4.08. The fraction of sp³-hybridized carbons (Fsp3) is 0.478. The van der Waals surface area contributed by atoms with Gasteiger partial charge in [-0.3, -0.25) is 4.79 Å². The molecule has 1 N–H and O–H groups in total. The van der Waals surface area contributed by atoms with Crippen molar-refractivity contribution in [3.63, 3.8) is 0 Å². The fourth-order valence-electron chi connectivity index (χ4n) is 4.50. The van der Waals surface area contributed by atoms with E-state index in [0.717, 1.165) is 61.8 Å². The Morgan fingerprint density at radius 2 is 2.03 bits per heavy atom. The first kappa shape index (κ1) is 20.8. The van der Waals surface area contributed by atoms with E-state index in [1.165, 1.54) is 29.4 Å². The zero-order valence-electron chi connectivity index (χ0n) is 17.4. The Morgan fingerprint density at radius 1 is 1.23 bits per heavy atom. The molecular weight excluding hydrogens is 403 g/mol. The van der Waals surface area contributed by atoms with E-state index in [4.69, 9.17) is 4.74 Å². The van der Waals surface area contributed by atoms with Gasteiger partial charge in [0.1, 0.15) is 10.8 Å². The molecule has 0 saturated heterocycles. The first-order valence-corrected chi connectivity index (χ1v) is 11.4. The van der Waals surface area contributed by atoms with Gasteiger partial charge in [0.2, 0.25) is 5.91 Å². The maximum Gasteiger partial charge on any atom is 0.341 e. The number of aryl methyl sites for hydroxylation is 2. The molecule has 2 aliphatic rings. The van der Waals surface area contributed by atoms with Crippen LogP contribution in [0.1, 0.15) is 59.0 Å². The number of halogens is 1. The topological polar surface area (TPSA) is 58.6 Å². The van der Waals surface area contributed by atoms with Crippen LogP contribution in [-0.4, -0.2) is 31.6 Å². The number of nitrogens with zero attached hydrogens (tertiary/aromatic N) is 1. The Kier molecular flexibility index (Phi) is 6.09. The van der Waals surface area contributed by atoms with Crippen LogP contribution >= 0.6 is 11.3 Å². The van der Waals surface area contributed by atoms with Crippen molar-refractivity contribution < 1.29 is 18.7 Å². The Labute approximate surface area is 180 Å². The Morgan fingerprint density at radius 3 is 2.83 bits per heavy atom. The number of amides is 1. The maximum absolute atomic E-state index is 13.6. The number of rotatable bonds is 4. The third-order valence-electron chi connectivity index (χ3n) is 6.09. The molecule has 160 valence electrons. The molecule has 1 aliphatic carbocycles. The van der Waals surface area contributed by atoms with Crippen LogP contribution in [0.25, 0.3) is 0 Å². The molecule has 4 rings (SSSR count). The molecule has 0 spiro atoms. The highest BCUT2D eigenvalue weighted by Gasteiger charge is 2.28. The normalized spacial score (nSPS) is 18.2. The van der Waals surface area contributed by atoms with E-state index in [9.17, 15) is 14.0 Å². The molecule has 1 amide bonds. The number of hydrogen-bond acceptors (Lipinski definition) is 5. The van der Waals surface area contributed by atoms with Crippen LogP contribution in [0.2, 0.25) is 0 Å². The number of carbonyl (C=O) groups is 2. The lowest BCUT2D eigenvalue weighted by molar-refractivity contribution is -0.115. The molecular formula is C23H27FN2O3S. The molecule has 30 heavy (non-hydrogen) atoms. The van der Waals surface area contributed by atoms with Gasteiger partial charge in [-0.25, -0.2) is 9.18 Å². The van der Waals surface area contributed by atoms with Gasteiger partial charge in [-0.1, -0.05) is 6.42 Å². The molecule has 0 bridgehead atoms. The largest absolute Gasteiger partial charge is 0.465 e. The molecule has 1 aromatic carbocycles. The van der Waals surface area contributed by atoms with Crippen LogP contribution in [0.4, 0.5) is 15.1 Å². The summed E-state index contributed by atoms with van der Waals surface area (Å²) in [6, 6.07) is 4.92. The van der Waals surface area contributed by atoms with Crippen molar-refractivity contribution in [1.82, 2.24) is 0 Å². The summed E-state index contributed by atoms with van der Waals surface area (Å²) in [6.45, 7) is 2.23. The molecule has 5 nitrogen and oxygen atoms in total. The summed E-state index contributed by atoms with van der Waals surface area (Å²) in [6.07, 6.45) is 6.73. The predicted octanol–water partition coefficient (Wildman–Crippen LogP) is 4.72. The number of carbonyl (C=O) groups excluding carboxylic acids is 2. The molecule has 2 heterocycles. The number of thiophene rings is 1. The zero-order chi connectivity index (χ0) is 21.3. The summed E-state index contributed by atoms with van der Waals surface area (Å²) in [7, 11) is 1.38. The highest BCUT2D eigenvalue weighted by molar-refractivity contribution is 7.17. The summed E-state index contributed by atoms with van der Waals surface area (Å²) in [4.78, 5) is 28.7. The van der Waals surface area contributed by atoms with Crippen molar-refractivity contribution in [2.75, 3.05) is 23.9 Å². The highest BCUT2D eigenvalue weighted by atomic mass is 32.1. The Hall–Kier alpha value is -2.41. The second-order valence-electron chi connectivity index (χ2n) is 8.10. The van der Waals surface area contributed by atoms with Crippen LogP contribution in [-0.2, 0) is 28.8 Å². The third-order valence-corrected chi connectivity index (χ3v) is 7.30. The van der Waals surface area contributed by atoms with E-state index >= 15 is 0 Å². The number of fused-ring (bicyclic) bond motifs is 2. The molecule has 0 radical (unpaired) electrons. The standard InChI is InChI=1S/C23H27FN2O3S/c1-14-8-9-15-12-16(24)10-11-18(15)26(14)13-20(27)25-22-21(23(28)29-2)17-6-4-3-5-7-19(17)30-22/h10-12,14H,3-9,13H2,1-2H3,(H,25,27). The molecule has 1 unspecified atom stereocenters. The lowest BCUT2D eigenvalue weighted by atomic mass is 9.96. The van der Waals surface area contributed by atoms with Crippen molar-refractivity contribution in [2.45, 2.75) is 57.9 Å². The van der Waals surface area contributed by atoms with Crippen LogP contribution in [0.3, 0.4) is 0 Å². The zero-order valence-corrected chi connectivity index (χ0v) is 18.2. The molecule has 1 aliphatic heterocycles. The molecule has 2 aromatic rings. The minimum atomic E-state index is -0.392. The van der Waals surface area contributed by atoms with Crippen LogP contribution in [0, 0.1) is 5.82 Å². The highest BCUT2D eigenvalue weighted by Crippen LogP contribution is 2.38. The van der Waals surface area contributed by atoms with E-state index in [0.29, 0.717) is 10.6 Å². The van der Waals surface area contributed by atoms with Gasteiger partial charge in [-0.2, -0.15) is 0 Å². The number of ether oxygens (including phenoxy) is 1. The van der Waals surface area contributed by atoms with Crippen LogP contribution in [0.15, 0.2) is 18.2 Å². The maximum atomic E-state index is 13.6. The van der Waals surface area contributed by atoms with Gasteiger partial charge in [0.15, 0.2) is 0 Å². The lowest BCUT2D eigenvalue weighted by Gasteiger charge is -2.36. The lowest BCUT2D eigenvalue weighted by Crippen LogP contribution is -2.42. The Bertz CT molecular complexity index is 972. The minimum absolute atomic E-state index is 0.156. The summed E-state index contributed by atoms with van der Waals surface area (Å²) in [5.74, 6) is -0.826. The summed E-state index contributed by atoms with van der Waals surface area (Å²) in [5.41, 5.74) is 3.38. The van der Waals surface area contributed by atoms with Gasteiger partial charge in [0, 0.05) is 16.6 Å². The number of benzene rings is 1. The van der Waals surface area contributed by atoms with Gasteiger partial charge in [0.25, 0.3) is 0 Å². The van der Waals surface area contributed by atoms with Crippen molar-refractivity contribution in [3.05, 3.63) is 45.6 Å². The van der Waals surface area contributed by atoms with E-state index in [2.05, 4.69) is 12.2 Å². The number of hydrogen-bond donors (Lipinski definition) is 1. The number of anilines is 2. The fourth-order valence-corrected chi connectivity index (χ4v) is 5.80. The monoisotopic (exact) mass is 430 g/mol. The molecule has 1 aromatic heterocycles. The summed E-state index contributed by atoms with van der Waals surface area (Å²) >= 11 is 1.50. The van der Waals surface area contributed by atoms with Crippen molar-refractivity contribution in [2.24, 2.45) is 0 Å². The minimum Gasteiger partial charge on any atom is -0.465 e. The van der Waals surface area contributed by atoms with Crippen LogP contribution < -0.4 is 10.2 Å². The summed E-state index contributed by atoms with van der Waals surface area (Å²) in [5, 5.41) is 3.56. The second-order valence-corrected chi connectivity index (χ2v) is 9.20. The van der Waals surface area contributed by atoms with E-state index in [-0.39, 0.29) is 24.3 Å². The van der Waals surface area contributed by atoms with Crippen molar-refractivity contribution >= 4 is 33.9 Å². The van der Waals surface area contributed by atoms with E-state index < -0.39 is 5.97 Å². The average molecular weight is 431 g/mol. The van der Waals surface area contributed by atoms with Crippen LogP contribution in [0.5, 0.6) is 0 Å². The van der Waals surface area contributed by atoms with Gasteiger partial charge in [0.05, 0.1) is 19.2 Å². The average Bonchev–Trinajstić information content (AvgIpc) is 2.89. The van der Waals surface area contributed by atoms with E-state index in [1.54, 1.807) is 12.1 Å². The first-order chi connectivity index (χ1) is 14.5. The van der Waals surface area contributed by atoms with E-state index in [1.807, 2.05) is 4.90 Å². The second kappa shape index (κ2) is 8.76. The quantitative estimate of drug-likeness (QED) is 0.563. The molecule has 0 fully saturated rings. The molecule has 0 saturated carbocycles. The first-order valence-electron chi connectivity index (χ1n) is 10.6. The van der Waals surface area contributed by atoms with Gasteiger partial charge >= 0.3 is 5.97 Å². The number of nitrogens with one attached hydrogen (secondary N) is 1. The number of methoxy groups -OCH3 is 1.